The Hall–Kier alpha value is -2.18. The largest absolute Gasteiger partial charge is 0.259 e. The maximum absolute atomic E-state index is 12.1. The van der Waals surface area contributed by atoms with E-state index in [0.717, 1.165) is 16.3 Å². The first kappa shape index (κ1) is 15.7. The van der Waals surface area contributed by atoms with Gasteiger partial charge in [0.25, 0.3) is 0 Å². The zero-order valence-corrected chi connectivity index (χ0v) is 14.0. The SMILES string of the molecule is O=S(C/C=C/c1ccccc1)Cc1csc(-c2ncccn2)n1. The van der Waals surface area contributed by atoms with Crippen molar-refractivity contribution in [2.75, 3.05) is 5.75 Å². The van der Waals surface area contributed by atoms with E-state index in [1.807, 2.05) is 47.9 Å². The molecule has 0 spiro atoms. The van der Waals surface area contributed by atoms with Crippen molar-refractivity contribution in [1.82, 2.24) is 15.0 Å². The molecule has 3 aromatic rings. The summed E-state index contributed by atoms with van der Waals surface area (Å²) in [4.78, 5) is 12.8. The van der Waals surface area contributed by atoms with Crippen molar-refractivity contribution in [3.63, 3.8) is 0 Å². The quantitative estimate of drug-likeness (QED) is 0.688. The van der Waals surface area contributed by atoms with Crippen molar-refractivity contribution < 1.29 is 4.21 Å². The fraction of sp³-hybridized carbons (Fsp3) is 0.118. The third-order valence-corrected chi connectivity index (χ3v) is 5.08. The van der Waals surface area contributed by atoms with E-state index in [2.05, 4.69) is 15.0 Å². The predicted molar refractivity (Wildman–Crippen MR) is 95.3 cm³/mol. The van der Waals surface area contributed by atoms with E-state index in [1.165, 1.54) is 11.3 Å². The Bertz CT molecular complexity index is 801. The third-order valence-electron chi connectivity index (χ3n) is 3.01. The second kappa shape index (κ2) is 7.89. The summed E-state index contributed by atoms with van der Waals surface area (Å²) in [5.41, 5.74) is 1.94. The van der Waals surface area contributed by atoms with Gasteiger partial charge in [0.1, 0.15) is 0 Å². The van der Waals surface area contributed by atoms with Crippen LogP contribution in [0.25, 0.3) is 16.9 Å². The monoisotopic (exact) mass is 341 g/mol. The number of benzene rings is 1. The molecule has 1 unspecified atom stereocenters. The van der Waals surface area contributed by atoms with E-state index < -0.39 is 10.8 Å². The van der Waals surface area contributed by atoms with Crippen LogP contribution in [0.15, 0.2) is 60.2 Å². The minimum atomic E-state index is -0.971. The molecule has 0 saturated heterocycles. The maximum Gasteiger partial charge on any atom is 0.188 e. The van der Waals surface area contributed by atoms with Gasteiger partial charge in [-0.05, 0) is 11.6 Å². The average Bonchev–Trinajstić information content (AvgIpc) is 3.05. The van der Waals surface area contributed by atoms with Crippen LogP contribution < -0.4 is 0 Å². The minimum Gasteiger partial charge on any atom is -0.259 e. The number of aromatic nitrogens is 3. The lowest BCUT2D eigenvalue weighted by Crippen LogP contribution is -1.99. The van der Waals surface area contributed by atoms with Gasteiger partial charge >= 0.3 is 0 Å². The van der Waals surface area contributed by atoms with Gasteiger partial charge in [0.15, 0.2) is 10.8 Å². The van der Waals surface area contributed by atoms with E-state index >= 15 is 0 Å². The summed E-state index contributed by atoms with van der Waals surface area (Å²) in [6, 6.07) is 11.8. The molecule has 116 valence electrons. The highest BCUT2D eigenvalue weighted by molar-refractivity contribution is 7.84. The summed E-state index contributed by atoms with van der Waals surface area (Å²) in [7, 11) is -0.971. The zero-order valence-electron chi connectivity index (χ0n) is 12.3. The summed E-state index contributed by atoms with van der Waals surface area (Å²) < 4.78 is 12.1. The molecule has 6 heteroatoms. The number of hydrogen-bond acceptors (Lipinski definition) is 5. The number of rotatable bonds is 6. The smallest absolute Gasteiger partial charge is 0.188 e. The summed E-state index contributed by atoms with van der Waals surface area (Å²) in [5, 5.41) is 2.68. The van der Waals surface area contributed by atoms with E-state index in [1.54, 1.807) is 18.5 Å². The third kappa shape index (κ3) is 4.64. The lowest BCUT2D eigenvalue weighted by molar-refractivity contribution is 0.684. The topological polar surface area (TPSA) is 55.7 Å². The van der Waals surface area contributed by atoms with Crippen molar-refractivity contribution in [2.24, 2.45) is 0 Å². The average molecular weight is 341 g/mol. The lowest BCUT2D eigenvalue weighted by Gasteiger charge is -1.96. The first-order chi connectivity index (χ1) is 11.3. The van der Waals surface area contributed by atoms with Gasteiger partial charge in [0.2, 0.25) is 0 Å². The van der Waals surface area contributed by atoms with Crippen LogP contribution in [-0.4, -0.2) is 24.9 Å². The van der Waals surface area contributed by atoms with Crippen LogP contribution in [-0.2, 0) is 16.6 Å². The van der Waals surface area contributed by atoms with Crippen molar-refractivity contribution in [2.45, 2.75) is 5.75 Å². The summed E-state index contributed by atoms with van der Waals surface area (Å²) in [6.07, 6.45) is 7.31. The molecule has 2 aromatic heterocycles. The molecule has 0 aliphatic carbocycles. The van der Waals surface area contributed by atoms with Gasteiger partial charge in [-0.1, -0.05) is 42.5 Å². The molecule has 0 radical (unpaired) electrons. The van der Waals surface area contributed by atoms with Gasteiger partial charge in [0, 0.05) is 34.3 Å². The molecule has 3 rings (SSSR count). The molecule has 1 atom stereocenters. The Morgan fingerprint density at radius 2 is 1.87 bits per heavy atom. The van der Waals surface area contributed by atoms with Crippen LogP contribution in [0.3, 0.4) is 0 Å². The minimum absolute atomic E-state index is 0.447. The highest BCUT2D eigenvalue weighted by Crippen LogP contribution is 2.20. The molecule has 0 saturated carbocycles. The van der Waals surface area contributed by atoms with Crippen LogP contribution >= 0.6 is 11.3 Å². The summed E-state index contributed by atoms with van der Waals surface area (Å²) in [6.45, 7) is 0. The van der Waals surface area contributed by atoms with Gasteiger partial charge in [-0.3, -0.25) is 4.21 Å². The molecular weight excluding hydrogens is 326 g/mol. The number of thiazole rings is 1. The second-order valence-electron chi connectivity index (χ2n) is 4.78. The molecule has 0 aliphatic rings. The Labute approximate surface area is 141 Å². The Kier molecular flexibility index (Phi) is 5.39. The molecule has 2 heterocycles. The van der Waals surface area contributed by atoms with E-state index in [0.29, 0.717) is 17.3 Å². The van der Waals surface area contributed by atoms with Crippen LogP contribution in [0.5, 0.6) is 0 Å². The number of hydrogen-bond donors (Lipinski definition) is 0. The fourth-order valence-electron chi connectivity index (χ4n) is 1.97. The molecule has 4 nitrogen and oxygen atoms in total. The highest BCUT2D eigenvalue weighted by Gasteiger charge is 2.08. The van der Waals surface area contributed by atoms with E-state index in [4.69, 9.17) is 0 Å². The molecule has 0 amide bonds. The normalized spacial score (nSPS) is 12.5. The molecule has 0 aliphatic heterocycles. The molecule has 0 N–H and O–H groups in total. The van der Waals surface area contributed by atoms with Gasteiger partial charge in [0.05, 0.1) is 11.4 Å². The zero-order chi connectivity index (χ0) is 15.9. The van der Waals surface area contributed by atoms with Gasteiger partial charge in [-0.2, -0.15) is 0 Å². The van der Waals surface area contributed by atoms with Crippen LogP contribution in [0.4, 0.5) is 0 Å². The Morgan fingerprint density at radius 1 is 1.09 bits per heavy atom. The first-order valence-electron chi connectivity index (χ1n) is 7.09. The Morgan fingerprint density at radius 3 is 2.65 bits per heavy atom. The van der Waals surface area contributed by atoms with Crippen molar-refractivity contribution in [1.29, 1.82) is 0 Å². The predicted octanol–water partition coefficient (Wildman–Crippen LogP) is 3.56. The molecule has 0 fully saturated rings. The first-order valence-corrected chi connectivity index (χ1v) is 9.46. The van der Waals surface area contributed by atoms with E-state index in [-0.39, 0.29) is 0 Å². The van der Waals surface area contributed by atoms with Crippen LogP contribution in [0, 0.1) is 0 Å². The standard InChI is InChI=1S/C17H15N3OS2/c21-23(11-4-8-14-6-2-1-3-7-14)13-15-12-22-17(20-15)16-18-9-5-10-19-16/h1-10,12H,11,13H2/b8-4+. The van der Waals surface area contributed by atoms with Crippen molar-refractivity contribution >= 4 is 28.2 Å². The highest BCUT2D eigenvalue weighted by atomic mass is 32.2. The molecular formula is C17H15N3OS2. The van der Waals surface area contributed by atoms with Crippen molar-refractivity contribution in [3.05, 3.63) is 71.5 Å². The van der Waals surface area contributed by atoms with Gasteiger partial charge in [-0.15, -0.1) is 11.3 Å². The number of nitrogens with zero attached hydrogens (tertiary/aromatic N) is 3. The lowest BCUT2D eigenvalue weighted by atomic mass is 10.2. The Balaban J connectivity index is 1.56. The van der Waals surface area contributed by atoms with E-state index in [9.17, 15) is 4.21 Å². The molecule has 0 bridgehead atoms. The maximum atomic E-state index is 12.1. The summed E-state index contributed by atoms with van der Waals surface area (Å²) in [5.74, 6) is 1.57. The van der Waals surface area contributed by atoms with Crippen LogP contribution in [0.1, 0.15) is 11.3 Å². The summed E-state index contributed by atoms with van der Waals surface area (Å²) >= 11 is 1.48. The van der Waals surface area contributed by atoms with Gasteiger partial charge < -0.3 is 0 Å². The second-order valence-corrected chi connectivity index (χ2v) is 7.14. The molecule has 23 heavy (non-hydrogen) atoms. The molecule has 1 aromatic carbocycles. The van der Waals surface area contributed by atoms with Crippen LogP contribution in [0.2, 0.25) is 0 Å². The fourth-order valence-corrected chi connectivity index (χ4v) is 3.74. The van der Waals surface area contributed by atoms with Crippen molar-refractivity contribution in [3.8, 4) is 10.8 Å². The van der Waals surface area contributed by atoms with Gasteiger partial charge in [-0.25, -0.2) is 15.0 Å².